The first kappa shape index (κ1) is 16.1. The monoisotopic (exact) mass is 312 g/mol. The molecule has 0 saturated carbocycles. The molecule has 1 fully saturated rings. The van der Waals surface area contributed by atoms with E-state index in [0.29, 0.717) is 23.9 Å². The number of sulfonamides is 1. The molecule has 5 nitrogen and oxygen atoms in total. The average Bonchev–Trinajstić information content (AvgIpc) is 2.41. The molecule has 1 aromatic carbocycles. The summed E-state index contributed by atoms with van der Waals surface area (Å²) < 4.78 is 32.0. The Morgan fingerprint density at radius 3 is 2.86 bits per heavy atom. The molecule has 6 heteroatoms. The number of ether oxygens (including phenoxy) is 1. The van der Waals surface area contributed by atoms with E-state index < -0.39 is 10.0 Å². The summed E-state index contributed by atoms with van der Waals surface area (Å²) in [5.74, 6) is 1.01. The molecule has 0 radical (unpaired) electrons. The van der Waals surface area contributed by atoms with Crippen LogP contribution in [0.2, 0.25) is 0 Å². The second kappa shape index (κ2) is 6.66. The maximum Gasteiger partial charge on any atom is 0.217 e. The Kier molecular flexibility index (Phi) is 5.11. The van der Waals surface area contributed by atoms with Crippen LogP contribution in [0.5, 0.6) is 5.75 Å². The van der Waals surface area contributed by atoms with Gasteiger partial charge in [-0.2, -0.15) is 4.31 Å². The summed E-state index contributed by atoms with van der Waals surface area (Å²) in [6, 6.07) is 7.08. The SMILES string of the molecule is CC1CCCN(S(=O)(=O)CCOc2cccc(N)c2)C1C. The molecule has 0 spiro atoms. The zero-order valence-electron chi connectivity index (χ0n) is 12.7. The molecule has 0 aliphatic carbocycles. The fourth-order valence-corrected chi connectivity index (χ4v) is 4.33. The summed E-state index contributed by atoms with van der Waals surface area (Å²) in [7, 11) is -3.27. The van der Waals surface area contributed by atoms with Crippen LogP contribution in [-0.2, 0) is 10.0 Å². The Morgan fingerprint density at radius 2 is 2.14 bits per heavy atom. The van der Waals surface area contributed by atoms with Gasteiger partial charge in [-0.3, -0.25) is 0 Å². The molecule has 2 N–H and O–H groups in total. The second-order valence-corrected chi connectivity index (χ2v) is 7.75. The van der Waals surface area contributed by atoms with Gasteiger partial charge in [0.15, 0.2) is 0 Å². The summed E-state index contributed by atoms with van der Waals surface area (Å²) >= 11 is 0. The number of nitrogens with zero attached hydrogens (tertiary/aromatic N) is 1. The molecule has 0 bridgehead atoms. The minimum Gasteiger partial charge on any atom is -0.492 e. The van der Waals surface area contributed by atoms with Crippen LogP contribution in [0.3, 0.4) is 0 Å². The van der Waals surface area contributed by atoms with Crippen LogP contribution < -0.4 is 10.5 Å². The van der Waals surface area contributed by atoms with Crippen molar-refractivity contribution in [2.75, 3.05) is 24.6 Å². The van der Waals surface area contributed by atoms with Gasteiger partial charge >= 0.3 is 0 Å². The Hall–Kier alpha value is -1.27. The van der Waals surface area contributed by atoms with Crippen molar-refractivity contribution in [3.63, 3.8) is 0 Å². The van der Waals surface area contributed by atoms with E-state index in [4.69, 9.17) is 10.5 Å². The van der Waals surface area contributed by atoms with Crippen LogP contribution in [-0.4, -0.2) is 37.7 Å². The normalized spacial score (nSPS) is 23.9. The molecule has 0 aromatic heterocycles. The molecule has 0 amide bonds. The molecule has 1 saturated heterocycles. The highest BCUT2D eigenvalue weighted by molar-refractivity contribution is 7.89. The third-order valence-electron chi connectivity index (χ3n) is 4.14. The van der Waals surface area contributed by atoms with Crippen LogP contribution in [0.1, 0.15) is 26.7 Å². The van der Waals surface area contributed by atoms with E-state index in [9.17, 15) is 8.42 Å². The third-order valence-corrected chi connectivity index (χ3v) is 6.05. The van der Waals surface area contributed by atoms with E-state index in [0.717, 1.165) is 12.8 Å². The standard InChI is InChI=1S/C15H24N2O3S/c1-12-5-4-8-17(13(12)2)21(18,19)10-9-20-15-7-3-6-14(16)11-15/h3,6-7,11-13H,4-5,8-10,16H2,1-2H3. The zero-order valence-corrected chi connectivity index (χ0v) is 13.5. The molecular formula is C15H24N2O3S. The van der Waals surface area contributed by atoms with Crippen LogP contribution in [0.15, 0.2) is 24.3 Å². The van der Waals surface area contributed by atoms with Gasteiger partial charge in [0.1, 0.15) is 12.4 Å². The average molecular weight is 312 g/mol. The number of anilines is 1. The van der Waals surface area contributed by atoms with Crippen LogP contribution in [0.25, 0.3) is 0 Å². The van der Waals surface area contributed by atoms with Crippen molar-refractivity contribution in [2.24, 2.45) is 5.92 Å². The lowest BCUT2D eigenvalue weighted by molar-refractivity contribution is 0.201. The van der Waals surface area contributed by atoms with E-state index in [2.05, 4.69) is 6.92 Å². The number of nitrogen functional groups attached to an aromatic ring is 1. The van der Waals surface area contributed by atoms with Crippen molar-refractivity contribution >= 4 is 15.7 Å². The molecular weight excluding hydrogens is 288 g/mol. The Morgan fingerprint density at radius 1 is 1.38 bits per heavy atom. The van der Waals surface area contributed by atoms with Gasteiger partial charge in [-0.1, -0.05) is 13.0 Å². The maximum atomic E-state index is 12.4. The fraction of sp³-hybridized carbons (Fsp3) is 0.600. The highest BCUT2D eigenvalue weighted by atomic mass is 32.2. The van der Waals surface area contributed by atoms with E-state index in [1.165, 1.54) is 0 Å². The number of hydrogen-bond donors (Lipinski definition) is 1. The van der Waals surface area contributed by atoms with Gasteiger partial charge in [0.05, 0.1) is 5.75 Å². The lowest BCUT2D eigenvalue weighted by Gasteiger charge is -2.36. The van der Waals surface area contributed by atoms with Crippen molar-refractivity contribution in [1.82, 2.24) is 4.31 Å². The lowest BCUT2D eigenvalue weighted by Crippen LogP contribution is -2.47. The first-order chi connectivity index (χ1) is 9.90. The van der Waals surface area contributed by atoms with Gasteiger partial charge in [0.2, 0.25) is 10.0 Å². The van der Waals surface area contributed by atoms with Crippen molar-refractivity contribution < 1.29 is 13.2 Å². The molecule has 1 aliphatic heterocycles. The molecule has 1 aliphatic rings. The summed E-state index contributed by atoms with van der Waals surface area (Å²) in [5.41, 5.74) is 6.27. The highest BCUT2D eigenvalue weighted by Crippen LogP contribution is 2.25. The Balaban J connectivity index is 1.92. The largest absolute Gasteiger partial charge is 0.492 e. The smallest absolute Gasteiger partial charge is 0.217 e. The van der Waals surface area contributed by atoms with Gasteiger partial charge in [-0.25, -0.2) is 8.42 Å². The summed E-state index contributed by atoms with van der Waals surface area (Å²) in [5, 5.41) is 0. The molecule has 1 heterocycles. The molecule has 2 unspecified atom stereocenters. The van der Waals surface area contributed by atoms with E-state index >= 15 is 0 Å². The van der Waals surface area contributed by atoms with Gasteiger partial charge in [-0.15, -0.1) is 0 Å². The Bertz CT molecular complexity index is 574. The maximum absolute atomic E-state index is 12.4. The quantitative estimate of drug-likeness (QED) is 0.845. The Labute approximate surface area is 127 Å². The fourth-order valence-electron chi connectivity index (χ4n) is 2.68. The van der Waals surface area contributed by atoms with Crippen molar-refractivity contribution in [1.29, 1.82) is 0 Å². The summed E-state index contributed by atoms with van der Waals surface area (Å²) in [4.78, 5) is 0. The number of rotatable bonds is 5. The zero-order chi connectivity index (χ0) is 15.5. The molecule has 1 aromatic rings. The van der Waals surface area contributed by atoms with E-state index in [1.54, 1.807) is 28.6 Å². The van der Waals surface area contributed by atoms with Crippen LogP contribution in [0, 0.1) is 5.92 Å². The minimum atomic E-state index is -3.27. The summed E-state index contributed by atoms with van der Waals surface area (Å²) in [6.07, 6.45) is 2.02. The minimum absolute atomic E-state index is 0.00113. The van der Waals surface area contributed by atoms with E-state index in [-0.39, 0.29) is 18.4 Å². The molecule has 21 heavy (non-hydrogen) atoms. The second-order valence-electron chi connectivity index (χ2n) is 5.71. The number of nitrogens with two attached hydrogens (primary N) is 1. The van der Waals surface area contributed by atoms with Crippen LogP contribution in [0.4, 0.5) is 5.69 Å². The van der Waals surface area contributed by atoms with Gasteiger partial charge in [-0.05, 0) is 37.8 Å². The van der Waals surface area contributed by atoms with Gasteiger partial charge in [0, 0.05) is 24.3 Å². The number of benzene rings is 1. The highest BCUT2D eigenvalue weighted by Gasteiger charge is 2.33. The van der Waals surface area contributed by atoms with Gasteiger partial charge in [0.25, 0.3) is 0 Å². The van der Waals surface area contributed by atoms with Crippen molar-refractivity contribution in [3.05, 3.63) is 24.3 Å². The van der Waals surface area contributed by atoms with Crippen molar-refractivity contribution in [2.45, 2.75) is 32.7 Å². The molecule has 118 valence electrons. The first-order valence-electron chi connectivity index (χ1n) is 7.38. The predicted molar refractivity (Wildman–Crippen MR) is 84.7 cm³/mol. The summed E-state index contributed by atoms with van der Waals surface area (Å²) in [6.45, 7) is 4.85. The topological polar surface area (TPSA) is 72.6 Å². The lowest BCUT2D eigenvalue weighted by atomic mass is 9.94. The molecule has 2 atom stereocenters. The number of hydrogen-bond acceptors (Lipinski definition) is 4. The van der Waals surface area contributed by atoms with Crippen LogP contribution >= 0.6 is 0 Å². The van der Waals surface area contributed by atoms with E-state index in [1.807, 2.05) is 6.92 Å². The van der Waals surface area contributed by atoms with Gasteiger partial charge < -0.3 is 10.5 Å². The molecule has 2 rings (SSSR count). The first-order valence-corrected chi connectivity index (χ1v) is 8.99. The third kappa shape index (κ3) is 4.11. The predicted octanol–water partition coefficient (Wildman–Crippen LogP) is 2.10. The van der Waals surface area contributed by atoms with Crippen molar-refractivity contribution in [3.8, 4) is 5.75 Å². The number of piperidine rings is 1.